The van der Waals surface area contributed by atoms with Gasteiger partial charge in [-0.15, -0.1) is 11.3 Å². The van der Waals surface area contributed by atoms with Crippen molar-refractivity contribution >= 4 is 51.9 Å². The molecule has 3 atom stereocenters. The molecule has 0 radical (unpaired) electrons. The van der Waals surface area contributed by atoms with Crippen LogP contribution in [0, 0.1) is 29.6 Å². The van der Waals surface area contributed by atoms with Crippen LogP contribution in [0.1, 0.15) is 133 Å². The summed E-state index contributed by atoms with van der Waals surface area (Å²) in [5.74, 6) is 4.65. The van der Waals surface area contributed by atoms with Crippen LogP contribution in [-0.2, 0) is 37.1 Å². The normalized spacial score (nSPS) is 18.1. The number of carbonyl (C=O) groups excluding carboxylic acids is 5. The lowest BCUT2D eigenvalue weighted by Gasteiger charge is -2.35. The predicted molar refractivity (Wildman–Crippen MR) is 344 cm³/mol. The van der Waals surface area contributed by atoms with Crippen molar-refractivity contribution in [3.8, 4) is 50.4 Å². The zero-order chi connectivity index (χ0) is 63.5. The first-order valence-electron chi connectivity index (χ1n) is 31.4. The van der Waals surface area contributed by atoms with E-state index in [1.54, 1.807) is 38.4 Å². The second-order valence-corrected chi connectivity index (χ2v) is 25.9. The number of halogens is 1. The number of aryl methyl sites for hydroxylation is 1. The number of hydrogen-bond donors (Lipinski definition) is 7. The van der Waals surface area contributed by atoms with Crippen molar-refractivity contribution in [3.63, 3.8) is 0 Å². The molecule has 0 bridgehead atoms. The fourth-order valence-electron chi connectivity index (χ4n) is 12.0. The number of ether oxygens (including phenoxy) is 1. The minimum Gasteiger partial charge on any atom is -0.483 e. The second-order valence-electron chi connectivity index (χ2n) is 25.0. The van der Waals surface area contributed by atoms with Gasteiger partial charge in [-0.05, 0) is 117 Å². The molecule has 1 saturated heterocycles. The first-order valence-corrected chi connectivity index (χ1v) is 32.2. The zero-order valence-corrected chi connectivity index (χ0v) is 52.5. The summed E-state index contributed by atoms with van der Waals surface area (Å²) in [6, 6.07) is 32.1. The standard InChI is InChI=1S/C70H81FN10O8S/c1-45-62(90-44-77-45)50-26-27-51(39-75-66(86)55-38-54(83)41-79(55)67(87)63(69(2,3)4)78-68(88)70(71)32-33-70)56(37-50)89-42-58(85)74-35-16-15-34-73-57(84)25-14-6-5-9-18-46-19-17-20-47(36-46)40-80-61(49-23-12-8-13-24-49)59(48-21-10-7-11-22-48)60-64(72)81(43-76-65(60)80)52-28-30-53(82)31-29-52/h7-8,10-13,17,19-24,26-27,36-37,43-44,52-55,63,72,82-83H,5-6,14-16,25,28-35,38-42H2,1-4H3,(H,73,84)(H,74,85)(H,75,86)(H,78,88)/t52?,53?,54-,55+,63-/m1/s1. The van der Waals surface area contributed by atoms with E-state index in [1.807, 2.05) is 72.4 Å². The van der Waals surface area contributed by atoms with Gasteiger partial charge in [0.05, 0.1) is 45.7 Å². The van der Waals surface area contributed by atoms with Gasteiger partial charge in [-0.1, -0.05) is 118 Å². The van der Waals surface area contributed by atoms with E-state index in [2.05, 4.69) is 79.1 Å². The smallest absolute Gasteiger partial charge is 0.258 e. The molecule has 472 valence electrons. The molecule has 3 aromatic heterocycles. The lowest BCUT2D eigenvalue weighted by molar-refractivity contribution is -0.145. The Morgan fingerprint density at radius 3 is 2.22 bits per heavy atom. The summed E-state index contributed by atoms with van der Waals surface area (Å²) in [7, 11) is 0. The number of nitrogens with zero attached hydrogens (tertiary/aromatic N) is 5. The molecule has 0 unspecified atom stereocenters. The maximum atomic E-state index is 14.7. The average Bonchev–Trinajstić information content (AvgIpc) is 1.59. The molecular weight excluding hydrogens is 1160 g/mol. The number of unbranched alkanes of at least 4 members (excludes halogenated alkanes) is 3. The SMILES string of the molecule is Cc1ncsc1-c1ccc(CNC(=O)[C@@H]2C[C@@H](O)CN2C(=O)[C@@H](NC(=O)C2(F)CC2)C(C)(C)C)c(OCC(=O)NCCCCNC(=O)CCCCC#Cc2cccc(Cn3c(-c4ccccc4)c(-c4ccccc4)c4c(=N)n(C5CCC(O)CC5)cnc43)c2)c1. The Morgan fingerprint density at radius 1 is 0.822 bits per heavy atom. The van der Waals surface area contributed by atoms with E-state index in [0.717, 1.165) is 79.9 Å². The number of hydrogen-bond acceptors (Lipinski definition) is 12. The van der Waals surface area contributed by atoms with E-state index < -0.39 is 47.0 Å². The van der Waals surface area contributed by atoms with Crippen LogP contribution in [0.4, 0.5) is 4.39 Å². The summed E-state index contributed by atoms with van der Waals surface area (Å²) in [5, 5.41) is 42.8. The lowest BCUT2D eigenvalue weighted by Crippen LogP contribution is -2.59. The second kappa shape index (κ2) is 29.0. The molecule has 90 heavy (non-hydrogen) atoms. The molecule has 2 saturated carbocycles. The number of amides is 5. The third kappa shape index (κ3) is 15.7. The molecule has 20 heteroatoms. The molecule has 2 aliphatic carbocycles. The number of aliphatic hydroxyl groups is 2. The van der Waals surface area contributed by atoms with Crippen molar-refractivity contribution < 1.29 is 43.3 Å². The fraction of sp³-hybridized carbons (Fsp3) is 0.429. The van der Waals surface area contributed by atoms with E-state index in [9.17, 15) is 44.0 Å². The van der Waals surface area contributed by atoms with E-state index in [-0.39, 0.29) is 62.9 Å². The minimum absolute atomic E-state index is 0.0284. The summed E-state index contributed by atoms with van der Waals surface area (Å²) in [6.07, 6.45) is 7.38. The number of thiazole rings is 1. The van der Waals surface area contributed by atoms with E-state index >= 15 is 0 Å². The first-order chi connectivity index (χ1) is 43.3. The van der Waals surface area contributed by atoms with Gasteiger partial charge in [0.2, 0.25) is 17.7 Å². The number of aromatic nitrogens is 4. The van der Waals surface area contributed by atoms with Crippen LogP contribution in [0.5, 0.6) is 5.75 Å². The topological polar surface area (TPSA) is 246 Å². The van der Waals surface area contributed by atoms with Gasteiger partial charge in [0, 0.05) is 74.7 Å². The number of fused-ring (bicyclic) bond motifs is 1. The third-order valence-electron chi connectivity index (χ3n) is 17.1. The molecular formula is C70H81FN10O8S. The molecule has 3 fully saturated rings. The molecule has 7 N–H and O–H groups in total. The number of carbonyl (C=O) groups is 5. The van der Waals surface area contributed by atoms with E-state index in [0.29, 0.717) is 81.4 Å². The van der Waals surface area contributed by atoms with E-state index in [1.165, 1.54) is 16.2 Å². The predicted octanol–water partition coefficient (Wildman–Crippen LogP) is 9.22. The largest absolute Gasteiger partial charge is 0.483 e. The van der Waals surface area contributed by atoms with Gasteiger partial charge in [0.1, 0.15) is 29.0 Å². The fourth-order valence-corrected chi connectivity index (χ4v) is 12.8. The molecule has 3 aliphatic rings. The van der Waals surface area contributed by atoms with Gasteiger partial charge in [-0.3, -0.25) is 29.4 Å². The van der Waals surface area contributed by atoms with Crippen LogP contribution in [-0.4, -0.2) is 120 Å². The number of β-amino-alcohol motifs (C(OH)–C–C–N with tert-alkyl or cyclic N) is 1. The molecule has 4 aromatic carbocycles. The summed E-state index contributed by atoms with van der Waals surface area (Å²) in [5.41, 5.74) is 8.18. The van der Waals surface area contributed by atoms with Crippen molar-refractivity contribution in [2.45, 2.75) is 160 Å². The van der Waals surface area contributed by atoms with Crippen molar-refractivity contribution in [1.29, 1.82) is 5.41 Å². The van der Waals surface area contributed by atoms with Crippen LogP contribution in [0.25, 0.3) is 43.9 Å². The third-order valence-corrected chi connectivity index (χ3v) is 18.1. The van der Waals surface area contributed by atoms with Gasteiger partial charge >= 0.3 is 0 Å². The van der Waals surface area contributed by atoms with E-state index in [4.69, 9.17) is 9.72 Å². The van der Waals surface area contributed by atoms with Crippen LogP contribution < -0.4 is 31.5 Å². The number of nitrogens with one attached hydrogen (secondary N) is 5. The summed E-state index contributed by atoms with van der Waals surface area (Å²) in [6.45, 7) is 7.98. The molecule has 5 amide bonds. The number of benzene rings is 4. The highest BCUT2D eigenvalue weighted by atomic mass is 32.1. The van der Waals surface area contributed by atoms with Crippen LogP contribution in [0.15, 0.2) is 115 Å². The monoisotopic (exact) mass is 1240 g/mol. The summed E-state index contributed by atoms with van der Waals surface area (Å²) >= 11 is 1.46. The van der Waals surface area contributed by atoms with Crippen LogP contribution in [0.3, 0.4) is 0 Å². The minimum atomic E-state index is -2.00. The van der Waals surface area contributed by atoms with Crippen LogP contribution in [0.2, 0.25) is 0 Å². The maximum absolute atomic E-state index is 14.7. The highest BCUT2D eigenvalue weighted by Gasteiger charge is 2.53. The Balaban J connectivity index is 0.673. The molecule has 7 aromatic rings. The highest BCUT2D eigenvalue weighted by Crippen LogP contribution is 2.42. The number of rotatable bonds is 24. The van der Waals surface area contributed by atoms with Gasteiger partial charge in [-0.25, -0.2) is 14.4 Å². The molecule has 0 spiro atoms. The molecule has 10 rings (SSSR count). The molecule has 4 heterocycles. The highest BCUT2D eigenvalue weighted by molar-refractivity contribution is 7.13. The van der Waals surface area contributed by atoms with Gasteiger partial charge in [-0.2, -0.15) is 0 Å². The van der Waals surface area contributed by atoms with Crippen LogP contribution >= 0.6 is 11.3 Å². The Kier molecular flexibility index (Phi) is 20.8. The van der Waals surface area contributed by atoms with Gasteiger partial charge < -0.3 is 50.3 Å². The Hall–Kier alpha value is -8.51. The summed E-state index contributed by atoms with van der Waals surface area (Å²) < 4.78 is 25.0. The molecule has 18 nitrogen and oxygen atoms in total. The maximum Gasteiger partial charge on any atom is 0.258 e. The van der Waals surface area contributed by atoms with Gasteiger partial charge in [0.25, 0.3) is 11.8 Å². The Bertz CT molecular complexity index is 3840. The Labute approximate surface area is 528 Å². The average molecular weight is 1240 g/mol. The van der Waals surface area contributed by atoms with Gasteiger partial charge in [0.15, 0.2) is 12.3 Å². The molecule has 1 aliphatic heterocycles. The Morgan fingerprint density at radius 2 is 1.53 bits per heavy atom. The zero-order valence-electron chi connectivity index (χ0n) is 51.7. The van der Waals surface area contributed by atoms with Crippen molar-refractivity contribution in [3.05, 3.63) is 143 Å². The first kappa shape index (κ1) is 64.5. The van der Waals surface area contributed by atoms with Crippen molar-refractivity contribution in [1.82, 2.24) is 45.3 Å². The lowest BCUT2D eigenvalue weighted by atomic mass is 9.85. The number of aliphatic hydroxyl groups excluding tert-OH is 2. The quantitative estimate of drug-likeness (QED) is 0.0223. The number of likely N-dealkylation sites (tertiary alicyclic amines) is 1. The summed E-state index contributed by atoms with van der Waals surface area (Å²) in [4.78, 5) is 78.1. The van der Waals surface area contributed by atoms with Crippen molar-refractivity contribution in [2.75, 3.05) is 26.2 Å². The van der Waals surface area contributed by atoms with Crippen molar-refractivity contribution in [2.24, 2.45) is 5.41 Å². The number of alkyl halides is 1.